The number of benzene rings is 1. The van der Waals surface area contributed by atoms with Crippen LogP contribution in [0.5, 0.6) is 0 Å². The maximum absolute atomic E-state index is 12.5. The highest BCUT2D eigenvalue weighted by atomic mass is 19.4. The Kier molecular flexibility index (Phi) is 4.67. The van der Waals surface area contributed by atoms with Gasteiger partial charge in [-0.05, 0) is 56.7 Å². The van der Waals surface area contributed by atoms with Crippen molar-refractivity contribution >= 4 is 5.82 Å². The van der Waals surface area contributed by atoms with Crippen LogP contribution in [0.25, 0.3) is 5.69 Å². The van der Waals surface area contributed by atoms with Crippen molar-refractivity contribution in [3.63, 3.8) is 0 Å². The van der Waals surface area contributed by atoms with Crippen LogP contribution in [0, 0.1) is 13.8 Å². The van der Waals surface area contributed by atoms with E-state index >= 15 is 0 Å². The molecule has 2 heterocycles. The topological polar surface area (TPSA) is 55.6 Å². The van der Waals surface area contributed by atoms with Gasteiger partial charge in [0.2, 0.25) is 0 Å². The van der Waals surface area contributed by atoms with Crippen molar-refractivity contribution in [3.05, 3.63) is 65.1 Å². The lowest BCUT2D eigenvalue weighted by atomic mass is 10.1. The molecule has 0 saturated carbocycles. The molecule has 3 aromatic rings. The predicted octanol–water partition coefficient (Wildman–Crippen LogP) is 4.47. The van der Waals surface area contributed by atoms with Crippen LogP contribution in [0.15, 0.2) is 42.5 Å². The molecule has 1 atom stereocenters. The summed E-state index contributed by atoms with van der Waals surface area (Å²) in [7, 11) is 0. The van der Waals surface area contributed by atoms with E-state index in [-0.39, 0.29) is 11.9 Å². The summed E-state index contributed by atoms with van der Waals surface area (Å²) < 4.78 is 39.4. The molecule has 0 saturated heterocycles. The minimum Gasteiger partial charge on any atom is -0.362 e. The van der Waals surface area contributed by atoms with Crippen LogP contribution in [0.2, 0.25) is 0 Å². The lowest BCUT2D eigenvalue weighted by Gasteiger charge is -2.15. The second-order valence-electron chi connectivity index (χ2n) is 6.10. The molecule has 0 bridgehead atoms. The molecule has 0 aliphatic rings. The van der Waals surface area contributed by atoms with Gasteiger partial charge < -0.3 is 5.32 Å². The Morgan fingerprint density at radius 1 is 1.00 bits per heavy atom. The number of aromatic nitrogens is 4. The zero-order valence-corrected chi connectivity index (χ0v) is 14.5. The van der Waals surface area contributed by atoms with E-state index in [4.69, 9.17) is 0 Å². The van der Waals surface area contributed by atoms with Crippen LogP contribution < -0.4 is 5.32 Å². The Morgan fingerprint density at radius 2 is 1.69 bits per heavy atom. The molecule has 0 aliphatic carbocycles. The average Bonchev–Trinajstić information content (AvgIpc) is 2.93. The van der Waals surface area contributed by atoms with Crippen LogP contribution in [0.3, 0.4) is 0 Å². The number of aryl methyl sites for hydroxylation is 2. The summed E-state index contributed by atoms with van der Waals surface area (Å²) in [6.07, 6.45) is -4.49. The molecular formula is C18H18F3N5. The third kappa shape index (κ3) is 3.84. The molecule has 26 heavy (non-hydrogen) atoms. The molecule has 1 aromatic carbocycles. The number of nitrogens with zero attached hydrogens (tertiary/aromatic N) is 4. The van der Waals surface area contributed by atoms with E-state index in [0.717, 1.165) is 28.7 Å². The van der Waals surface area contributed by atoms with Gasteiger partial charge in [0.1, 0.15) is 5.82 Å². The monoisotopic (exact) mass is 361 g/mol. The van der Waals surface area contributed by atoms with Crippen molar-refractivity contribution in [2.75, 3.05) is 5.32 Å². The molecule has 136 valence electrons. The van der Waals surface area contributed by atoms with Crippen LogP contribution in [0.1, 0.15) is 35.6 Å². The molecule has 2 aromatic heterocycles. The van der Waals surface area contributed by atoms with Gasteiger partial charge in [-0.3, -0.25) is 0 Å². The van der Waals surface area contributed by atoms with Gasteiger partial charge in [-0.25, -0.2) is 4.68 Å². The highest BCUT2D eigenvalue weighted by Gasteiger charge is 2.32. The summed E-state index contributed by atoms with van der Waals surface area (Å²) in [4.78, 5) is 0. The summed E-state index contributed by atoms with van der Waals surface area (Å²) in [6, 6.07) is 11.8. The van der Waals surface area contributed by atoms with Crippen molar-refractivity contribution in [2.45, 2.75) is 33.0 Å². The third-order valence-corrected chi connectivity index (χ3v) is 3.97. The number of alkyl halides is 3. The van der Waals surface area contributed by atoms with Crippen molar-refractivity contribution in [1.82, 2.24) is 20.0 Å². The highest BCUT2D eigenvalue weighted by molar-refractivity contribution is 5.41. The van der Waals surface area contributed by atoms with E-state index in [1.54, 1.807) is 0 Å². The Hall–Kier alpha value is -2.90. The number of halogens is 3. The molecule has 1 N–H and O–H groups in total. The summed E-state index contributed by atoms with van der Waals surface area (Å²) in [6.45, 7) is 5.83. The molecule has 1 unspecified atom stereocenters. The lowest BCUT2D eigenvalue weighted by molar-refractivity contribution is -0.141. The predicted molar refractivity (Wildman–Crippen MR) is 92.1 cm³/mol. The van der Waals surface area contributed by atoms with Gasteiger partial charge in [0.05, 0.1) is 17.4 Å². The number of hydrogen-bond donors (Lipinski definition) is 1. The SMILES string of the molecule is Cc1cc(C)n(-c2ccc(C(C)Nc3ccc(C(F)(F)F)nn3)cc2)n1. The van der Waals surface area contributed by atoms with Gasteiger partial charge in [0.15, 0.2) is 5.69 Å². The summed E-state index contributed by atoms with van der Waals surface area (Å²) in [5, 5.41) is 14.3. The molecule has 3 rings (SSSR count). The van der Waals surface area contributed by atoms with Crippen molar-refractivity contribution in [2.24, 2.45) is 0 Å². The van der Waals surface area contributed by atoms with Crippen LogP contribution >= 0.6 is 0 Å². The Bertz CT molecular complexity index is 883. The average molecular weight is 361 g/mol. The van der Waals surface area contributed by atoms with E-state index < -0.39 is 11.9 Å². The summed E-state index contributed by atoms with van der Waals surface area (Å²) >= 11 is 0. The fourth-order valence-electron chi connectivity index (χ4n) is 2.66. The quantitative estimate of drug-likeness (QED) is 0.745. The molecule has 0 radical (unpaired) electrons. The maximum Gasteiger partial charge on any atom is 0.435 e. The fourth-order valence-corrected chi connectivity index (χ4v) is 2.66. The zero-order valence-electron chi connectivity index (χ0n) is 14.5. The van der Waals surface area contributed by atoms with Crippen LogP contribution in [-0.4, -0.2) is 20.0 Å². The molecule has 8 heteroatoms. The molecule has 5 nitrogen and oxygen atoms in total. The van der Waals surface area contributed by atoms with E-state index in [2.05, 4.69) is 20.6 Å². The highest BCUT2D eigenvalue weighted by Crippen LogP contribution is 2.27. The minimum atomic E-state index is -4.49. The number of rotatable bonds is 4. The third-order valence-electron chi connectivity index (χ3n) is 3.97. The molecule has 0 amide bonds. The second kappa shape index (κ2) is 6.78. The summed E-state index contributed by atoms with van der Waals surface area (Å²) in [5.41, 5.74) is 2.90. The zero-order chi connectivity index (χ0) is 18.9. The molecule has 0 fully saturated rings. The van der Waals surface area contributed by atoms with Crippen LogP contribution in [0.4, 0.5) is 19.0 Å². The normalized spacial score (nSPS) is 12.8. The van der Waals surface area contributed by atoms with E-state index in [1.807, 2.05) is 55.8 Å². The van der Waals surface area contributed by atoms with E-state index in [1.165, 1.54) is 6.07 Å². The van der Waals surface area contributed by atoms with Gasteiger partial charge in [0.25, 0.3) is 0 Å². The molecular weight excluding hydrogens is 343 g/mol. The van der Waals surface area contributed by atoms with Crippen LogP contribution in [-0.2, 0) is 6.18 Å². The van der Waals surface area contributed by atoms with E-state index in [9.17, 15) is 13.2 Å². The number of nitrogens with one attached hydrogen (secondary N) is 1. The Balaban J connectivity index is 1.72. The number of hydrogen-bond acceptors (Lipinski definition) is 4. The minimum absolute atomic E-state index is 0.143. The van der Waals surface area contributed by atoms with Gasteiger partial charge in [0, 0.05) is 5.69 Å². The van der Waals surface area contributed by atoms with Gasteiger partial charge in [-0.15, -0.1) is 10.2 Å². The Labute approximate surface area is 148 Å². The van der Waals surface area contributed by atoms with Crippen molar-refractivity contribution in [3.8, 4) is 5.69 Å². The lowest BCUT2D eigenvalue weighted by Crippen LogP contribution is -2.12. The molecule has 0 aliphatic heterocycles. The first kappa shape index (κ1) is 17.9. The first-order valence-corrected chi connectivity index (χ1v) is 8.05. The van der Waals surface area contributed by atoms with Crippen molar-refractivity contribution < 1.29 is 13.2 Å². The summed E-state index contributed by atoms with van der Waals surface area (Å²) in [5.74, 6) is 0.285. The van der Waals surface area contributed by atoms with Crippen molar-refractivity contribution in [1.29, 1.82) is 0 Å². The second-order valence-corrected chi connectivity index (χ2v) is 6.10. The first-order valence-electron chi connectivity index (χ1n) is 8.05. The van der Waals surface area contributed by atoms with E-state index in [0.29, 0.717) is 0 Å². The standard InChI is InChI=1S/C18H18F3N5/c1-11-10-12(2)26(25-11)15-6-4-14(5-7-15)13(3)22-17-9-8-16(23-24-17)18(19,20)21/h4-10,13H,1-3H3,(H,22,24). The first-order chi connectivity index (χ1) is 12.2. The van der Waals surface area contributed by atoms with Gasteiger partial charge in [-0.2, -0.15) is 18.3 Å². The maximum atomic E-state index is 12.5. The van der Waals surface area contributed by atoms with Gasteiger partial charge in [-0.1, -0.05) is 12.1 Å². The smallest absolute Gasteiger partial charge is 0.362 e. The largest absolute Gasteiger partial charge is 0.435 e. The fraction of sp³-hybridized carbons (Fsp3) is 0.278. The molecule has 0 spiro atoms. The number of anilines is 1. The van der Waals surface area contributed by atoms with Gasteiger partial charge >= 0.3 is 6.18 Å². The Morgan fingerprint density at radius 3 is 2.19 bits per heavy atom.